The van der Waals surface area contributed by atoms with Gasteiger partial charge < -0.3 is 14.2 Å². The summed E-state index contributed by atoms with van der Waals surface area (Å²) in [5, 5.41) is 4.14. The SMILES string of the molecule is COc1cccc(CCN2CCN(c3nc(Cc4ccccc4)no3)CC2)c1. The van der Waals surface area contributed by atoms with E-state index in [1.807, 2.05) is 24.3 Å². The van der Waals surface area contributed by atoms with Gasteiger partial charge >= 0.3 is 6.01 Å². The number of nitrogens with zero attached hydrogens (tertiary/aromatic N) is 4. The molecule has 0 amide bonds. The van der Waals surface area contributed by atoms with Crippen LogP contribution < -0.4 is 9.64 Å². The van der Waals surface area contributed by atoms with E-state index >= 15 is 0 Å². The number of hydrogen-bond donors (Lipinski definition) is 0. The molecule has 0 unspecified atom stereocenters. The molecule has 1 saturated heterocycles. The highest BCUT2D eigenvalue weighted by molar-refractivity contribution is 5.29. The van der Waals surface area contributed by atoms with Gasteiger partial charge in [-0.15, -0.1) is 0 Å². The van der Waals surface area contributed by atoms with Crippen LogP contribution in [0.4, 0.5) is 6.01 Å². The molecule has 146 valence electrons. The van der Waals surface area contributed by atoms with Crippen molar-refractivity contribution in [2.75, 3.05) is 44.7 Å². The molecule has 1 fully saturated rings. The number of methoxy groups -OCH3 is 1. The van der Waals surface area contributed by atoms with Gasteiger partial charge in [0.05, 0.1) is 7.11 Å². The summed E-state index contributed by atoms with van der Waals surface area (Å²) in [6, 6.07) is 19.2. The largest absolute Gasteiger partial charge is 0.497 e. The molecule has 2 aromatic carbocycles. The molecule has 6 heteroatoms. The van der Waals surface area contributed by atoms with Crippen LogP contribution in [0.5, 0.6) is 5.75 Å². The first-order chi connectivity index (χ1) is 13.8. The Labute approximate surface area is 165 Å². The van der Waals surface area contributed by atoms with Crippen molar-refractivity contribution in [2.24, 2.45) is 0 Å². The summed E-state index contributed by atoms with van der Waals surface area (Å²) in [6.45, 7) is 4.86. The second-order valence-corrected chi connectivity index (χ2v) is 7.09. The Morgan fingerprint density at radius 1 is 0.964 bits per heavy atom. The fourth-order valence-electron chi connectivity index (χ4n) is 3.50. The summed E-state index contributed by atoms with van der Waals surface area (Å²) in [4.78, 5) is 9.25. The summed E-state index contributed by atoms with van der Waals surface area (Å²) in [6.07, 6.45) is 1.73. The monoisotopic (exact) mass is 378 g/mol. The van der Waals surface area contributed by atoms with E-state index in [1.165, 1.54) is 11.1 Å². The molecule has 0 N–H and O–H groups in total. The number of hydrogen-bond acceptors (Lipinski definition) is 6. The molecule has 28 heavy (non-hydrogen) atoms. The van der Waals surface area contributed by atoms with Gasteiger partial charge in [0, 0.05) is 39.1 Å². The van der Waals surface area contributed by atoms with Crippen LogP contribution in [-0.4, -0.2) is 54.9 Å². The molecule has 0 bridgehead atoms. The molecule has 2 heterocycles. The zero-order valence-corrected chi connectivity index (χ0v) is 16.3. The van der Waals surface area contributed by atoms with Gasteiger partial charge in [-0.1, -0.05) is 47.6 Å². The van der Waals surface area contributed by atoms with E-state index in [0.717, 1.165) is 50.7 Å². The van der Waals surface area contributed by atoms with Gasteiger partial charge in [-0.25, -0.2) is 0 Å². The molecule has 0 aliphatic carbocycles. The zero-order chi connectivity index (χ0) is 19.2. The van der Waals surface area contributed by atoms with Crippen molar-refractivity contribution in [3.05, 3.63) is 71.5 Å². The maximum atomic E-state index is 5.50. The molecule has 0 saturated carbocycles. The minimum absolute atomic E-state index is 0.637. The summed E-state index contributed by atoms with van der Waals surface area (Å²) in [7, 11) is 1.71. The highest BCUT2D eigenvalue weighted by Gasteiger charge is 2.21. The van der Waals surface area contributed by atoms with Gasteiger partial charge in [-0.2, -0.15) is 4.98 Å². The second kappa shape index (κ2) is 8.89. The van der Waals surface area contributed by atoms with Crippen LogP contribution in [0.25, 0.3) is 0 Å². The van der Waals surface area contributed by atoms with Crippen LogP contribution in [-0.2, 0) is 12.8 Å². The van der Waals surface area contributed by atoms with Gasteiger partial charge in [0.1, 0.15) is 5.75 Å². The molecule has 1 aromatic heterocycles. The number of anilines is 1. The standard InChI is InChI=1S/C22H26N4O2/c1-27-20-9-5-8-19(16-20)10-11-25-12-14-26(15-13-25)22-23-21(24-28-22)17-18-6-3-2-4-7-18/h2-9,16H,10-15,17H2,1H3. The lowest BCUT2D eigenvalue weighted by Crippen LogP contribution is -2.47. The molecule has 1 aliphatic heterocycles. The highest BCUT2D eigenvalue weighted by Crippen LogP contribution is 2.17. The van der Waals surface area contributed by atoms with Crippen LogP contribution in [0.1, 0.15) is 17.0 Å². The Balaban J connectivity index is 1.26. The number of rotatable bonds is 7. The van der Waals surface area contributed by atoms with Crippen LogP contribution in [0, 0.1) is 0 Å². The smallest absolute Gasteiger partial charge is 0.324 e. The third kappa shape index (κ3) is 4.70. The van der Waals surface area contributed by atoms with E-state index in [2.05, 4.69) is 50.3 Å². The molecule has 0 atom stereocenters. The van der Waals surface area contributed by atoms with E-state index in [4.69, 9.17) is 9.26 Å². The van der Waals surface area contributed by atoms with Gasteiger partial charge in [0.2, 0.25) is 0 Å². The average molecular weight is 378 g/mol. The van der Waals surface area contributed by atoms with Crippen molar-refractivity contribution in [1.82, 2.24) is 15.0 Å². The predicted octanol–water partition coefficient (Wildman–Crippen LogP) is 3.03. The molecule has 6 nitrogen and oxygen atoms in total. The van der Waals surface area contributed by atoms with Crippen molar-refractivity contribution in [1.29, 1.82) is 0 Å². The summed E-state index contributed by atoms with van der Waals surface area (Å²) in [5.41, 5.74) is 2.50. The first kappa shape index (κ1) is 18.5. The predicted molar refractivity (Wildman–Crippen MR) is 109 cm³/mol. The molecule has 0 radical (unpaired) electrons. The van der Waals surface area contributed by atoms with E-state index in [0.29, 0.717) is 12.4 Å². The molecular formula is C22H26N4O2. The van der Waals surface area contributed by atoms with Crippen LogP contribution in [0.15, 0.2) is 59.1 Å². The zero-order valence-electron chi connectivity index (χ0n) is 16.3. The van der Waals surface area contributed by atoms with E-state index in [9.17, 15) is 0 Å². The maximum Gasteiger partial charge on any atom is 0.324 e. The van der Waals surface area contributed by atoms with E-state index in [1.54, 1.807) is 7.11 Å². The van der Waals surface area contributed by atoms with Crippen molar-refractivity contribution in [3.63, 3.8) is 0 Å². The van der Waals surface area contributed by atoms with E-state index < -0.39 is 0 Å². The Kier molecular flexibility index (Phi) is 5.87. The molecule has 4 rings (SSSR count). The van der Waals surface area contributed by atoms with Gasteiger partial charge in [-0.05, 0) is 29.7 Å². The molecule has 3 aromatic rings. The Bertz CT molecular complexity index is 873. The molecule has 1 aliphatic rings. The van der Waals surface area contributed by atoms with Crippen molar-refractivity contribution < 1.29 is 9.26 Å². The molecular weight excluding hydrogens is 352 g/mol. The van der Waals surface area contributed by atoms with Gasteiger partial charge in [-0.3, -0.25) is 4.90 Å². The van der Waals surface area contributed by atoms with Crippen LogP contribution in [0.3, 0.4) is 0 Å². The number of piperazine rings is 1. The Morgan fingerprint density at radius 2 is 1.75 bits per heavy atom. The first-order valence-electron chi connectivity index (χ1n) is 9.77. The minimum Gasteiger partial charge on any atom is -0.497 e. The fraction of sp³-hybridized carbons (Fsp3) is 0.364. The quantitative estimate of drug-likeness (QED) is 0.630. The average Bonchev–Trinajstić information content (AvgIpc) is 3.22. The van der Waals surface area contributed by atoms with Crippen LogP contribution >= 0.6 is 0 Å². The summed E-state index contributed by atoms with van der Waals surface area (Å²) in [5.74, 6) is 1.66. The van der Waals surface area contributed by atoms with E-state index in [-0.39, 0.29) is 0 Å². The van der Waals surface area contributed by atoms with Gasteiger partial charge in [0.25, 0.3) is 0 Å². The lowest BCUT2D eigenvalue weighted by atomic mass is 10.1. The topological polar surface area (TPSA) is 54.6 Å². The van der Waals surface area contributed by atoms with Crippen molar-refractivity contribution in [3.8, 4) is 5.75 Å². The molecule has 0 spiro atoms. The van der Waals surface area contributed by atoms with Crippen LogP contribution in [0.2, 0.25) is 0 Å². The van der Waals surface area contributed by atoms with Gasteiger partial charge in [0.15, 0.2) is 5.82 Å². The Morgan fingerprint density at radius 3 is 2.54 bits per heavy atom. The third-order valence-electron chi connectivity index (χ3n) is 5.16. The van der Waals surface area contributed by atoms with Crippen molar-refractivity contribution in [2.45, 2.75) is 12.8 Å². The second-order valence-electron chi connectivity index (χ2n) is 7.09. The fourth-order valence-corrected chi connectivity index (χ4v) is 3.50. The number of ether oxygens (including phenoxy) is 1. The normalized spacial score (nSPS) is 15.0. The summed E-state index contributed by atoms with van der Waals surface area (Å²) >= 11 is 0. The lowest BCUT2D eigenvalue weighted by Gasteiger charge is -2.33. The minimum atomic E-state index is 0.637. The third-order valence-corrected chi connectivity index (χ3v) is 5.16. The number of benzene rings is 2. The first-order valence-corrected chi connectivity index (χ1v) is 9.77. The Hall–Kier alpha value is -2.86. The van der Waals surface area contributed by atoms with Crippen molar-refractivity contribution >= 4 is 6.01 Å². The number of aromatic nitrogens is 2. The highest BCUT2D eigenvalue weighted by atomic mass is 16.5. The maximum absolute atomic E-state index is 5.50. The summed E-state index contributed by atoms with van der Waals surface area (Å²) < 4.78 is 10.8. The lowest BCUT2D eigenvalue weighted by molar-refractivity contribution is 0.253.